The molecule has 2 heterocycles. The molecule has 0 bridgehead atoms. The average molecular weight is 359 g/mol. The van der Waals surface area contributed by atoms with Crippen molar-refractivity contribution in [2.24, 2.45) is 5.10 Å². The summed E-state index contributed by atoms with van der Waals surface area (Å²) < 4.78 is 19.6. The minimum atomic E-state index is -0.498. The molecule has 0 spiro atoms. The van der Waals surface area contributed by atoms with E-state index in [0.717, 1.165) is 41.9 Å². The van der Waals surface area contributed by atoms with Crippen LogP contribution in [0.15, 0.2) is 47.6 Å². The molecule has 0 unspecified atom stereocenters. The number of halogens is 2. The third kappa shape index (κ3) is 2.78. The van der Waals surface area contributed by atoms with Gasteiger partial charge >= 0.3 is 0 Å². The number of hydrogen-bond donors (Lipinski definition) is 0. The van der Waals surface area contributed by atoms with E-state index in [0.29, 0.717) is 5.02 Å². The fourth-order valence-corrected chi connectivity index (χ4v) is 3.97. The Morgan fingerprint density at radius 3 is 2.76 bits per heavy atom. The number of hydrazone groups is 1. The van der Waals surface area contributed by atoms with Crippen LogP contribution in [0.5, 0.6) is 5.75 Å². The zero-order chi connectivity index (χ0) is 17.6. The molecule has 0 saturated heterocycles. The van der Waals surface area contributed by atoms with Gasteiger partial charge in [0, 0.05) is 23.4 Å². The first-order chi connectivity index (χ1) is 12.0. The molecule has 5 heteroatoms. The van der Waals surface area contributed by atoms with Crippen LogP contribution in [0.3, 0.4) is 0 Å². The molecule has 2 aromatic carbocycles. The molecule has 4 rings (SSSR count). The van der Waals surface area contributed by atoms with Crippen LogP contribution in [0.25, 0.3) is 0 Å². The predicted octanol–water partition coefficient (Wildman–Crippen LogP) is 5.54. The summed E-state index contributed by atoms with van der Waals surface area (Å²) in [7, 11) is 0. The van der Waals surface area contributed by atoms with E-state index in [4.69, 9.17) is 21.4 Å². The number of hydrogen-bond acceptors (Lipinski definition) is 3. The quantitative estimate of drug-likeness (QED) is 0.719. The summed E-state index contributed by atoms with van der Waals surface area (Å²) in [6.45, 7) is 4.22. The molecule has 2 aliphatic rings. The van der Waals surface area contributed by atoms with E-state index in [-0.39, 0.29) is 11.9 Å². The highest BCUT2D eigenvalue weighted by atomic mass is 35.5. The topological polar surface area (TPSA) is 24.8 Å². The van der Waals surface area contributed by atoms with Gasteiger partial charge in [0.2, 0.25) is 0 Å². The maximum atomic E-state index is 13.2. The molecule has 2 atom stereocenters. The summed E-state index contributed by atoms with van der Waals surface area (Å²) in [6, 6.07) is 12.4. The second-order valence-electron chi connectivity index (χ2n) is 6.83. The van der Waals surface area contributed by atoms with E-state index in [1.165, 1.54) is 12.1 Å². The molecule has 0 radical (unpaired) electrons. The minimum absolute atomic E-state index is 0.0825. The van der Waals surface area contributed by atoms with Crippen molar-refractivity contribution in [2.75, 3.05) is 0 Å². The molecule has 0 amide bonds. The Labute approximate surface area is 152 Å². The summed E-state index contributed by atoms with van der Waals surface area (Å²) >= 11 is 6.22. The maximum Gasteiger partial charge on any atom is 0.195 e. The van der Waals surface area contributed by atoms with E-state index in [1.807, 2.05) is 18.2 Å². The molecule has 2 aromatic rings. The highest BCUT2D eigenvalue weighted by molar-refractivity contribution is 6.30. The van der Waals surface area contributed by atoms with Crippen LogP contribution < -0.4 is 4.74 Å². The Balaban J connectivity index is 1.78. The van der Waals surface area contributed by atoms with Crippen molar-refractivity contribution in [1.29, 1.82) is 0 Å². The Bertz CT molecular complexity index is 836. The molecular weight excluding hydrogens is 339 g/mol. The van der Waals surface area contributed by atoms with Gasteiger partial charge in [-0.1, -0.05) is 37.1 Å². The zero-order valence-electron chi connectivity index (χ0n) is 14.3. The first kappa shape index (κ1) is 16.4. The molecule has 0 N–H and O–H groups in total. The van der Waals surface area contributed by atoms with Crippen LogP contribution in [0.2, 0.25) is 5.02 Å². The molecule has 2 aliphatic heterocycles. The Morgan fingerprint density at radius 2 is 2.04 bits per heavy atom. The molecule has 25 heavy (non-hydrogen) atoms. The van der Waals surface area contributed by atoms with Crippen LogP contribution in [0, 0.1) is 5.82 Å². The van der Waals surface area contributed by atoms with Gasteiger partial charge in [0.05, 0.1) is 11.8 Å². The molecular formula is C20H20ClFN2O. The number of fused-ring (bicyclic) bond motifs is 3. The lowest BCUT2D eigenvalue weighted by atomic mass is 9.94. The lowest BCUT2D eigenvalue weighted by Crippen LogP contribution is -2.51. The largest absolute Gasteiger partial charge is 0.466 e. The fourth-order valence-electron chi connectivity index (χ4n) is 3.79. The summed E-state index contributed by atoms with van der Waals surface area (Å²) in [5.41, 5.74) is 2.45. The first-order valence-corrected chi connectivity index (χ1v) is 8.99. The zero-order valence-corrected chi connectivity index (χ0v) is 15.1. The summed E-state index contributed by atoms with van der Waals surface area (Å²) in [5, 5.41) is 7.62. The monoisotopic (exact) mass is 358 g/mol. The molecule has 0 saturated carbocycles. The third-order valence-corrected chi connectivity index (χ3v) is 5.18. The smallest absolute Gasteiger partial charge is 0.195 e. The predicted molar refractivity (Wildman–Crippen MR) is 97.5 cm³/mol. The van der Waals surface area contributed by atoms with E-state index in [2.05, 4.69) is 18.9 Å². The Hall–Kier alpha value is -2.07. The van der Waals surface area contributed by atoms with Crippen LogP contribution in [0.1, 0.15) is 50.3 Å². The molecule has 130 valence electrons. The summed E-state index contributed by atoms with van der Waals surface area (Å²) in [5.74, 6) is 0.633. The standard InChI is InChI=1S/C20H20ClFN2O/c1-3-10-20(2)24-18(16-11-14(21)6-9-19(16)25-20)12-17(23-24)13-4-7-15(22)8-5-13/h4-9,11,18H,3,10,12H2,1-2H3/t18-,20+/m0/s1. The number of rotatable bonds is 3. The maximum absolute atomic E-state index is 13.2. The van der Waals surface area contributed by atoms with E-state index >= 15 is 0 Å². The number of benzene rings is 2. The second-order valence-corrected chi connectivity index (χ2v) is 7.26. The van der Waals surface area contributed by atoms with E-state index in [9.17, 15) is 4.39 Å². The van der Waals surface area contributed by atoms with Gasteiger partial charge in [0.15, 0.2) is 5.72 Å². The van der Waals surface area contributed by atoms with Crippen molar-refractivity contribution in [3.8, 4) is 5.75 Å². The fraction of sp³-hybridized carbons (Fsp3) is 0.350. The number of ether oxygens (including phenoxy) is 1. The van der Waals surface area contributed by atoms with Crippen molar-refractivity contribution in [3.05, 3.63) is 64.4 Å². The van der Waals surface area contributed by atoms with Crippen molar-refractivity contribution >= 4 is 17.3 Å². The lowest BCUT2D eigenvalue weighted by Gasteiger charge is -2.45. The van der Waals surface area contributed by atoms with Gasteiger partial charge in [-0.2, -0.15) is 5.10 Å². The van der Waals surface area contributed by atoms with Gasteiger partial charge in [0.1, 0.15) is 11.6 Å². The highest BCUT2D eigenvalue weighted by Gasteiger charge is 2.47. The van der Waals surface area contributed by atoms with Gasteiger partial charge in [-0.25, -0.2) is 9.40 Å². The van der Waals surface area contributed by atoms with Gasteiger partial charge in [0.25, 0.3) is 0 Å². The summed E-state index contributed by atoms with van der Waals surface area (Å²) in [4.78, 5) is 0. The molecule has 0 aromatic heterocycles. The highest BCUT2D eigenvalue weighted by Crippen LogP contribution is 2.48. The third-order valence-electron chi connectivity index (χ3n) is 4.95. The molecule has 0 fully saturated rings. The van der Waals surface area contributed by atoms with Crippen molar-refractivity contribution < 1.29 is 9.13 Å². The average Bonchev–Trinajstić information content (AvgIpc) is 3.03. The number of nitrogens with zero attached hydrogens (tertiary/aromatic N) is 2. The molecule has 0 aliphatic carbocycles. The van der Waals surface area contributed by atoms with E-state index < -0.39 is 5.72 Å². The van der Waals surface area contributed by atoms with Crippen molar-refractivity contribution in [2.45, 2.75) is 44.9 Å². The van der Waals surface area contributed by atoms with Crippen LogP contribution in [0.4, 0.5) is 4.39 Å². The van der Waals surface area contributed by atoms with Gasteiger partial charge in [-0.05, 0) is 42.8 Å². The summed E-state index contributed by atoms with van der Waals surface area (Å²) in [6.07, 6.45) is 2.61. The SMILES string of the molecule is CCC[C@@]1(C)Oc2ccc(Cl)cc2[C@@H]2CC(c3ccc(F)cc3)=NN21. The first-order valence-electron chi connectivity index (χ1n) is 8.61. The minimum Gasteiger partial charge on any atom is -0.466 e. The van der Waals surface area contributed by atoms with Crippen LogP contribution in [-0.4, -0.2) is 16.4 Å². The van der Waals surface area contributed by atoms with E-state index in [1.54, 1.807) is 12.1 Å². The lowest BCUT2D eigenvalue weighted by molar-refractivity contribution is -0.111. The molecule has 3 nitrogen and oxygen atoms in total. The van der Waals surface area contributed by atoms with Crippen molar-refractivity contribution in [3.63, 3.8) is 0 Å². The Kier molecular flexibility index (Phi) is 3.95. The van der Waals surface area contributed by atoms with Gasteiger partial charge < -0.3 is 4.74 Å². The van der Waals surface area contributed by atoms with Crippen molar-refractivity contribution in [1.82, 2.24) is 5.01 Å². The van der Waals surface area contributed by atoms with Crippen LogP contribution >= 0.6 is 11.6 Å². The Morgan fingerprint density at radius 1 is 1.28 bits per heavy atom. The normalized spacial score (nSPS) is 24.4. The van der Waals surface area contributed by atoms with Crippen LogP contribution in [-0.2, 0) is 0 Å². The van der Waals surface area contributed by atoms with Gasteiger partial charge in [-0.15, -0.1) is 0 Å². The second kappa shape index (κ2) is 6.03. The van der Waals surface area contributed by atoms with Gasteiger partial charge in [-0.3, -0.25) is 0 Å².